The average molecular weight is 249 g/mol. The Morgan fingerprint density at radius 3 is 3.11 bits per heavy atom. The van der Waals surface area contributed by atoms with Crippen LogP contribution in [0.25, 0.3) is 0 Å². The molecule has 4 nitrogen and oxygen atoms in total. The highest BCUT2D eigenvalue weighted by Crippen LogP contribution is 2.16. The second kappa shape index (κ2) is 6.71. The van der Waals surface area contributed by atoms with Crippen LogP contribution in [0.4, 0.5) is 5.82 Å². The molecule has 2 heterocycles. The Hall–Kier alpha value is -1.13. The zero-order valence-electron chi connectivity index (χ0n) is 11.1. The third-order valence-electron chi connectivity index (χ3n) is 3.47. The normalized spacial score (nSPS) is 20.2. The molecule has 4 heteroatoms. The van der Waals surface area contributed by atoms with Gasteiger partial charge in [-0.2, -0.15) is 0 Å². The molecule has 1 aromatic heterocycles. The number of nitrogens with zero attached hydrogens (tertiary/aromatic N) is 2. The zero-order valence-corrected chi connectivity index (χ0v) is 11.1. The predicted octanol–water partition coefficient (Wildman–Crippen LogP) is 2.05. The van der Waals surface area contributed by atoms with E-state index in [1.807, 2.05) is 12.1 Å². The molecule has 1 aliphatic rings. The molecule has 2 rings (SSSR count). The second-order valence-electron chi connectivity index (χ2n) is 5.06. The molecule has 1 fully saturated rings. The summed E-state index contributed by atoms with van der Waals surface area (Å²) in [7, 11) is 2.12. The first-order valence-corrected chi connectivity index (χ1v) is 6.75. The van der Waals surface area contributed by atoms with Gasteiger partial charge in [0.05, 0.1) is 6.10 Å². The highest BCUT2D eigenvalue weighted by molar-refractivity contribution is 5.38. The van der Waals surface area contributed by atoms with Crippen molar-refractivity contribution in [3.05, 3.63) is 23.9 Å². The van der Waals surface area contributed by atoms with E-state index in [0.717, 1.165) is 31.7 Å². The van der Waals surface area contributed by atoms with Crippen LogP contribution in [-0.2, 0) is 11.3 Å². The molecule has 18 heavy (non-hydrogen) atoms. The van der Waals surface area contributed by atoms with Crippen LogP contribution in [-0.4, -0.2) is 36.2 Å². The minimum atomic E-state index is 0.451. The lowest BCUT2D eigenvalue weighted by Crippen LogP contribution is -2.27. The number of nitrogens with two attached hydrogens (primary N) is 1. The van der Waals surface area contributed by atoms with Gasteiger partial charge >= 0.3 is 0 Å². The third-order valence-corrected chi connectivity index (χ3v) is 3.47. The number of rotatable bonds is 5. The first kappa shape index (κ1) is 13.3. The van der Waals surface area contributed by atoms with Crippen molar-refractivity contribution in [3.8, 4) is 0 Å². The van der Waals surface area contributed by atoms with E-state index >= 15 is 0 Å². The van der Waals surface area contributed by atoms with E-state index in [0.29, 0.717) is 11.9 Å². The number of ether oxygens (including phenoxy) is 1. The molecule has 1 atom stereocenters. The summed E-state index contributed by atoms with van der Waals surface area (Å²) in [4.78, 5) is 6.39. The van der Waals surface area contributed by atoms with Crippen LogP contribution < -0.4 is 5.73 Å². The first-order valence-electron chi connectivity index (χ1n) is 6.75. The second-order valence-corrected chi connectivity index (χ2v) is 5.06. The summed E-state index contributed by atoms with van der Waals surface area (Å²) in [5, 5.41) is 0. The molecule has 0 radical (unpaired) electrons. The molecule has 1 aromatic rings. The molecule has 1 unspecified atom stereocenters. The van der Waals surface area contributed by atoms with E-state index in [4.69, 9.17) is 10.5 Å². The van der Waals surface area contributed by atoms with Crippen LogP contribution in [0.5, 0.6) is 0 Å². The van der Waals surface area contributed by atoms with Crippen LogP contribution in [0, 0.1) is 0 Å². The van der Waals surface area contributed by atoms with Gasteiger partial charge in [0, 0.05) is 31.5 Å². The molecule has 0 saturated carbocycles. The van der Waals surface area contributed by atoms with Crippen LogP contribution in [0.1, 0.15) is 31.2 Å². The smallest absolute Gasteiger partial charge is 0.127 e. The van der Waals surface area contributed by atoms with Gasteiger partial charge in [-0.25, -0.2) is 4.98 Å². The summed E-state index contributed by atoms with van der Waals surface area (Å²) < 4.78 is 5.74. The molecule has 100 valence electrons. The third kappa shape index (κ3) is 3.96. The highest BCUT2D eigenvalue weighted by Gasteiger charge is 2.14. The van der Waals surface area contributed by atoms with Gasteiger partial charge in [0.15, 0.2) is 0 Å². The Morgan fingerprint density at radius 1 is 1.50 bits per heavy atom. The molecular weight excluding hydrogens is 226 g/mol. The van der Waals surface area contributed by atoms with Gasteiger partial charge in [-0.3, -0.25) is 0 Å². The molecule has 2 N–H and O–H groups in total. The number of nitrogen functional groups attached to an aromatic ring is 1. The van der Waals surface area contributed by atoms with Crippen molar-refractivity contribution in [1.29, 1.82) is 0 Å². The van der Waals surface area contributed by atoms with E-state index in [-0.39, 0.29) is 0 Å². The Bertz CT molecular complexity index is 364. The minimum absolute atomic E-state index is 0.451. The van der Waals surface area contributed by atoms with Crippen molar-refractivity contribution in [2.24, 2.45) is 0 Å². The lowest BCUT2D eigenvalue weighted by molar-refractivity contribution is 0.00641. The van der Waals surface area contributed by atoms with Crippen molar-refractivity contribution >= 4 is 5.82 Å². The standard InChI is InChI=1S/C14H23N3O/c1-17(9-7-13-6-2-3-10-18-13)11-12-5-4-8-16-14(12)15/h4-5,8,13H,2-3,6-7,9-11H2,1H3,(H2,15,16). The van der Waals surface area contributed by atoms with Gasteiger partial charge < -0.3 is 15.4 Å². The predicted molar refractivity (Wildman–Crippen MR) is 73.2 cm³/mol. The van der Waals surface area contributed by atoms with Crippen LogP contribution in [0.2, 0.25) is 0 Å². The molecule has 1 aliphatic heterocycles. The molecule has 1 saturated heterocycles. The summed E-state index contributed by atoms with van der Waals surface area (Å²) >= 11 is 0. The Morgan fingerprint density at radius 2 is 2.39 bits per heavy atom. The SMILES string of the molecule is CN(CCC1CCCCO1)Cc1cccnc1N. The van der Waals surface area contributed by atoms with E-state index in [9.17, 15) is 0 Å². The summed E-state index contributed by atoms with van der Waals surface area (Å²) in [5.41, 5.74) is 6.95. The van der Waals surface area contributed by atoms with Crippen LogP contribution in [0.3, 0.4) is 0 Å². The Balaban J connectivity index is 1.74. The van der Waals surface area contributed by atoms with Crippen molar-refractivity contribution < 1.29 is 4.74 Å². The van der Waals surface area contributed by atoms with Gasteiger partial charge in [0.2, 0.25) is 0 Å². The van der Waals surface area contributed by atoms with Gasteiger partial charge in [-0.1, -0.05) is 6.07 Å². The van der Waals surface area contributed by atoms with E-state index in [1.54, 1.807) is 6.20 Å². The van der Waals surface area contributed by atoms with E-state index < -0.39 is 0 Å². The molecule has 0 amide bonds. The van der Waals surface area contributed by atoms with Crippen molar-refractivity contribution in [3.63, 3.8) is 0 Å². The molecule has 0 aromatic carbocycles. The summed E-state index contributed by atoms with van der Waals surface area (Å²) in [6.07, 6.45) is 7.03. The van der Waals surface area contributed by atoms with Crippen molar-refractivity contribution in [2.45, 2.75) is 38.3 Å². The average Bonchev–Trinajstić information content (AvgIpc) is 2.40. The summed E-state index contributed by atoms with van der Waals surface area (Å²) in [6, 6.07) is 3.97. The van der Waals surface area contributed by atoms with Gasteiger partial charge in [-0.05, 0) is 38.8 Å². The molecule has 0 bridgehead atoms. The van der Waals surface area contributed by atoms with Crippen molar-refractivity contribution in [2.75, 3.05) is 25.9 Å². The summed E-state index contributed by atoms with van der Waals surface area (Å²) in [5.74, 6) is 0.637. The lowest BCUT2D eigenvalue weighted by atomic mass is 10.1. The quantitative estimate of drug-likeness (QED) is 0.867. The summed E-state index contributed by atoms with van der Waals surface area (Å²) in [6.45, 7) is 2.83. The topological polar surface area (TPSA) is 51.4 Å². The maximum absolute atomic E-state index is 5.85. The number of hydrogen-bond donors (Lipinski definition) is 1. The Kier molecular flexibility index (Phi) is 4.96. The minimum Gasteiger partial charge on any atom is -0.383 e. The molecule has 0 spiro atoms. The van der Waals surface area contributed by atoms with Crippen molar-refractivity contribution in [1.82, 2.24) is 9.88 Å². The van der Waals surface area contributed by atoms with E-state index in [2.05, 4.69) is 16.9 Å². The number of aromatic nitrogens is 1. The number of anilines is 1. The van der Waals surface area contributed by atoms with E-state index in [1.165, 1.54) is 19.3 Å². The monoisotopic (exact) mass is 249 g/mol. The van der Waals surface area contributed by atoms with Crippen LogP contribution >= 0.6 is 0 Å². The van der Waals surface area contributed by atoms with Gasteiger partial charge in [0.1, 0.15) is 5.82 Å². The van der Waals surface area contributed by atoms with Gasteiger partial charge in [-0.15, -0.1) is 0 Å². The number of hydrogen-bond acceptors (Lipinski definition) is 4. The molecular formula is C14H23N3O. The maximum Gasteiger partial charge on any atom is 0.127 e. The highest BCUT2D eigenvalue weighted by atomic mass is 16.5. The number of pyridine rings is 1. The Labute approximate surface area is 109 Å². The fraction of sp³-hybridized carbons (Fsp3) is 0.643. The molecule has 0 aliphatic carbocycles. The first-order chi connectivity index (χ1) is 8.75. The fourth-order valence-corrected chi connectivity index (χ4v) is 2.35. The zero-order chi connectivity index (χ0) is 12.8. The van der Waals surface area contributed by atoms with Gasteiger partial charge in [0.25, 0.3) is 0 Å². The van der Waals surface area contributed by atoms with Crippen LogP contribution in [0.15, 0.2) is 18.3 Å². The lowest BCUT2D eigenvalue weighted by Gasteiger charge is -2.25. The maximum atomic E-state index is 5.85. The largest absolute Gasteiger partial charge is 0.383 e. The fourth-order valence-electron chi connectivity index (χ4n) is 2.35.